The number of nitrogens with zero attached hydrogens (tertiary/aromatic N) is 1. The Kier molecular flexibility index (Phi) is 7.15. The fraction of sp³-hybridized carbons (Fsp3) is 0.571. The molecule has 0 fully saturated rings. The van der Waals surface area contributed by atoms with Gasteiger partial charge in [0, 0.05) is 27.3 Å². The molecule has 0 atom stereocenters. The summed E-state index contributed by atoms with van der Waals surface area (Å²) in [6.45, 7) is 1.89. The summed E-state index contributed by atoms with van der Waals surface area (Å²) in [5.74, 6) is 0. The lowest BCUT2D eigenvalue weighted by Crippen LogP contribution is -2.28. The first kappa shape index (κ1) is 17.1. The van der Waals surface area contributed by atoms with Crippen molar-refractivity contribution in [3.63, 3.8) is 0 Å². The SMILES string of the molecule is CNCCc1ccc(S(=O)(=O)N(C)CCCOC)cc1. The van der Waals surface area contributed by atoms with Crippen molar-refractivity contribution in [2.75, 3.05) is 40.9 Å². The van der Waals surface area contributed by atoms with E-state index in [1.54, 1.807) is 26.3 Å². The molecule has 5 nitrogen and oxygen atoms in total. The monoisotopic (exact) mass is 300 g/mol. The van der Waals surface area contributed by atoms with Gasteiger partial charge in [0.2, 0.25) is 10.0 Å². The Labute approximate surface area is 122 Å². The third-order valence-corrected chi connectivity index (χ3v) is 4.99. The van der Waals surface area contributed by atoms with Crippen LogP contribution in [0.2, 0.25) is 0 Å². The predicted molar refractivity (Wildman–Crippen MR) is 80.4 cm³/mol. The maximum absolute atomic E-state index is 12.3. The summed E-state index contributed by atoms with van der Waals surface area (Å²) in [4.78, 5) is 0.339. The highest BCUT2D eigenvalue weighted by Crippen LogP contribution is 2.15. The van der Waals surface area contributed by atoms with E-state index in [0.29, 0.717) is 24.5 Å². The van der Waals surface area contributed by atoms with Crippen LogP contribution in [-0.2, 0) is 21.2 Å². The normalized spacial score (nSPS) is 12.0. The van der Waals surface area contributed by atoms with E-state index < -0.39 is 10.0 Å². The van der Waals surface area contributed by atoms with Crippen molar-refractivity contribution in [3.8, 4) is 0 Å². The zero-order chi connectivity index (χ0) is 15.0. The molecule has 1 aromatic carbocycles. The number of benzene rings is 1. The van der Waals surface area contributed by atoms with E-state index in [-0.39, 0.29) is 0 Å². The molecule has 0 radical (unpaired) electrons. The van der Waals surface area contributed by atoms with Crippen LogP contribution < -0.4 is 5.32 Å². The molecule has 0 heterocycles. The Morgan fingerprint density at radius 1 is 1.25 bits per heavy atom. The van der Waals surface area contributed by atoms with E-state index in [1.165, 1.54) is 4.31 Å². The number of hydrogen-bond donors (Lipinski definition) is 1. The van der Waals surface area contributed by atoms with Crippen LogP contribution in [0.1, 0.15) is 12.0 Å². The molecule has 0 bridgehead atoms. The molecule has 0 aliphatic rings. The largest absolute Gasteiger partial charge is 0.385 e. The van der Waals surface area contributed by atoms with Crippen LogP contribution in [0, 0.1) is 0 Å². The highest BCUT2D eigenvalue weighted by molar-refractivity contribution is 7.89. The van der Waals surface area contributed by atoms with Crippen molar-refractivity contribution < 1.29 is 13.2 Å². The quantitative estimate of drug-likeness (QED) is 0.694. The van der Waals surface area contributed by atoms with Gasteiger partial charge in [-0.3, -0.25) is 0 Å². The Bertz CT molecular complexity index is 486. The Morgan fingerprint density at radius 3 is 2.45 bits per heavy atom. The number of likely N-dealkylation sites (N-methyl/N-ethyl adjacent to an activating group) is 1. The molecule has 0 spiro atoms. The van der Waals surface area contributed by atoms with Gasteiger partial charge < -0.3 is 10.1 Å². The molecule has 0 aliphatic carbocycles. The van der Waals surface area contributed by atoms with Gasteiger partial charge in [-0.15, -0.1) is 0 Å². The van der Waals surface area contributed by atoms with Crippen LogP contribution in [0.5, 0.6) is 0 Å². The van der Waals surface area contributed by atoms with E-state index in [9.17, 15) is 8.42 Å². The molecular weight excluding hydrogens is 276 g/mol. The standard InChI is InChI=1S/C14H24N2O3S/c1-15-10-9-13-5-7-14(8-6-13)20(17,18)16(2)11-4-12-19-3/h5-8,15H,4,9-12H2,1-3H3. The molecule has 1 aromatic rings. The van der Waals surface area contributed by atoms with Gasteiger partial charge in [-0.2, -0.15) is 0 Å². The first-order chi connectivity index (χ1) is 9.52. The lowest BCUT2D eigenvalue weighted by Gasteiger charge is -2.17. The summed E-state index contributed by atoms with van der Waals surface area (Å²) in [5.41, 5.74) is 1.13. The van der Waals surface area contributed by atoms with Gasteiger partial charge >= 0.3 is 0 Å². The van der Waals surface area contributed by atoms with Gasteiger partial charge in [0.25, 0.3) is 0 Å². The van der Waals surface area contributed by atoms with Crippen LogP contribution in [-0.4, -0.2) is 53.6 Å². The Hall–Kier alpha value is -0.950. The number of ether oxygens (including phenoxy) is 1. The minimum atomic E-state index is -3.39. The van der Waals surface area contributed by atoms with Gasteiger partial charge in [0.15, 0.2) is 0 Å². The van der Waals surface area contributed by atoms with Gasteiger partial charge in [0.05, 0.1) is 4.90 Å². The van der Waals surface area contributed by atoms with E-state index in [4.69, 9.17) is 4.74 Å². The van der Waals surface area contributed by atoms with E-state index in [0.717, 1.165) is 18.5 Å². The molecule has 0 saturated carbocycles. The van der Waals surface area contributed by atoms with Crippen LogP contribution in [0.15, 0.2) is 29.2 Å². The summed E-state index contributed by atoms with van der Waals surface area (Å²) in [6.07, 6.45) is 1.58. The first-order valence-electron chi connectivity index (χ1n) is 6.71. The van der Waals surface area contributed by atoms with Crippen molar-refractivity contribution in [1.29, 1.82) is 0 Å². The fourth-order valence-electron chi connectivity index (χ4n) is 1.83. The maximum atomic E-state index is 12.3. The minimum Gasteiger partial charge on any atom is -0.385 e. The van der Waals surface area contributed by atoms with Crippen LogP contribution in [0.3, 0.4) is 0 Å². The smallest absolute Gasteiger partial charge is 0.242 e. The molecule has 1 N–H and O–H groups in total. The molecule has 0 unspecified atom stereocenters. The Balaban J connectivity index is 2.71. The topological polar surface area (TPSA) is 58.6 Å². The second-order valence-electron chi connectivity index (χ2n) is 4.67. The van der Waals surface area contributed by atoms with Gasteiger partial charge in [0.1, 0.15) is 0 Å². The van der Waals surface area contributed by atoms with Crippen molar-refractivity contribution >= 4 is 10.0 Å². The number of nitrogens with one attached hydrogen (secondary N) is 1. The van der Waals surface area contributed by atoms with Gasteiger partial charge in [-0.1, -0.05) is 12.1 Å². The van der Waals surface area contributed by atoms with Crippen LogP contribution in [0.4, 0.5) is 0 Å². The van der Waals surface area contributed by atoms with Crippen molar-refractivity contribution in [2.45, 2.75) is 17.7 Å². The number of hydrogen-bond acceptors (Lipinski definition) is 4. The zero-order valence-corrected chi connectivity index (χ0v) is 13.2. The highest BCUT2D eigenvalue weighted by atomic mass is 32.2. The molecule has 0 saturated heterocycles. The van der Waals surface area contributed by atoms with Crippen molar-refractivity contribution in [2.24, 2.45) is 0 Å². The van der Waals surface area contributed by atoms with Crippen molar-refractivity contribution in [3.05, 3.63) is 29.8 Å². The molecule has 0 aromatic heterocycles. The number of sulfonamides is 1. The molecule has 6 heteroatoms. The third-order valence-electron chi connectivity index (χ3n) is 3.12. The van der Waals surface area contributed by atoms with Gasteiger partial charge in [-0.05, 0) is 44.1 Å². The van der Waals surface area contributed by atoms with E-state index in [2.05, 4.69) is 5.32 Å². The average Bonchev–Trinajstić information content (AvgIpc) is 2.45. The minimum absolute atomic E-state index is 0.339. The summed E-state index contributed by atoms with van der Waals surface area (Å²) >= 11 is 0. The summed E-state index contributed by atoms with van der Waals surface area (Å²) < 4.78 is 31.0. The molecule has 1 rings (SSSR count). The van der Waals surface area contributed by atoms with Gasteiger partial charge in [-0.25, -0.2) is 12.7 Å². The average molecular weight is 300 g/mol. The lowest BCUT2D eigenvalue weighted by molar-refractivity contribution is 0.189. The molecule has 20 heavy (non-hydrogen) atoms. The molecule has 114 valence electrons. The zero-order valence-electron chi connectivity index (χ0n) is 12.4. The number of rotatable bonds is 9. The van der Waals surface area contributed by atoms with Crippen molar-refractivity contribution in [1.82, 2.24) is 9.62 Å². The predicted octanol–water partition coefficient (Wildman–Crippen LogP) is 1.11. The summed E-state index contributed by atoms with van der Waals surface area (Å²) in [6, 6.07) is 7.08. The highest BCUT2D eigenvalue weighted by Gasteiger charge is 2.19. The maximum Gasteiger partial charge on any atom is 0.242 e. The lowest BCUT2D eigenvalue weighted by atomic mass is 10.1. The second kappa shape index (κ2) is 8.36. The first-order valence-corrected chi connectivity index (χ1v) is 8.15. The van der Waals surface area contributed by atoms with E-state index >= 15 is 0 Å². The van der Waals surface area contributed by atoms with Crippen LogP contribution in [0.25, 0.3) is 0 Å². The summed E-state index contributed by atoms with van der Waals surface area (Å²) in [5, 5.41) is 3.07. The molecule has 0 amide bonds. The summed E-state index contributed by atoms with van der Waals surface area (Å²) in [7, 11) is 1.71. The second-order valence-corrected chi connectivity index (χ2v) is 6.72. The Morgan fingerprint density at radius 2 is 1.90 bits per heavy atom. The van der Waals surface area contributed by atoms with E-state index in [1.807, 2.05) is 19.2 Å². The molecular formula is C14H24N2O3S. The molecule has 0 aliphatic heterocycles. The number of methoxy groups -OCH3 is 1. The van der Waals surface area contributed by atoms with Crippen LogP contribution >= 0.6 is 0 Å². The fourth-order valence-corrected chi connectivity index (χ4v) is 3.04. The third kappa shape index (κ3) is 4.86.